The van der Waals surface area contributed by atoms with Gasteiger partial charge in [0, 0.05) is 25.4 Å². The summed E-state index contributed by atoms with van der Waals surface area (Å²) < 4.78 is 9.66. The van der Waals surface area contributed by atoms with Crippen LogP contribution in [0.15, 0.2) is 54.9 Å². The summed E-state index contributed by atoms with van der Waals surface area (Å²) in [5, 5.41) is 7.91. The molecule has 3 aliphatic rings. The average molecular weight is 488 g/mol. The normalized spacial score (nSPS) is 22.6. The van der Waals surface area contributed by atoms with Gasteiger partial charge >= 0.3 is 0 Å². The second-order valence-electron chi connectivity index (χ2n) is 10.1. The molecule has 8 nitrogen and oxygen atoms in total. The van der Waals surface area contributed by atoms with E-state index >= 15 is 0 Å². The molecule has 1 aliphatic carbocycles. The van der Waals surface area contributed by atoms with E-state index < -0.39 is 6.04 Å². The highest BCUT2D eigenvalue weighted by Gasteiger charge is 2.41. The molecular weight excluding hydrogens is 454 g/mol. The van der Waals surface area contributed by atoms with Gasteiger partial charge in [-0.2, -0.15) is 5.10 Å². The fraction of sp³-hybridized carbons (Fsp3) is 0.464. The van der Waals surface area contributed by atoms with E-state index in [9.17, 15) is 9.59 Å². The molecule has 0 radical (unpaired) electrons. The van der Waals surface area contributed by atoms with Crippen molar-refractivity contribution in [2.45, 2.75) is 69.6 Å². The van der Waals surface area contributed by atoms with Gasteiger partial charge in [-0.3, -0.25) is 9.59 Å². The number of hydrogen-bond donors (Lipinski definition) is 1. The van der Waals surface area contributed by atoms with Gasteiger partial charge in [-0.1, -0.05) is 43.9 Å². The molecule has 2 amide bonds. The number of carbonyl (C=O) groups is 2. The van der Waals surface area contributed by atoms with E-state index in [1.165, 1.54) is 12.8 Å². The highest BCUT2D eigenvalue weighted by atomic mass is 16.5. The third-order valence-corrected chi connectivity index (χ3v) is 7.71. The number of nitrogens with one attached hydrogen (secondary N) is 1. The number of aromatic nitrogens is 3. The molecule has 2 atom stereocenters. The lowest BCUT2D eigenvalue weighted by Gasteiger charge is -2.32. The number of carbonyl (C=O) groups excluding carboxylic acids is 2. The van der Waals surface area contributed by atoms with E-state index in [-0.39, 0.29) is 24.0 Å². The lowest BCUT2D eigenvalue weighted by atomic mass is 10.1. The molecular formula is C28H33N5O3. The van der Waals surface area contributed by atoms with Gasteiger partial charge in [-0.05, 0) is 49.9 Å². The molecule has 1 saturated heterocycles. The van der Waals surface area contributed by atoms with Gasteiger partial charge in [0.2, 0.25) is 5.91 Å². The van der Waals surface area contributed by atoms with Crippen molar-refractivity contribution >= 4 is 11.8 Å². The van der Waals surface area contributed by atoms with Crippen LogP contribution in [-0.4, -0.2) is 56.4 Å². The van der Waals surface area contributed by atoms with Gasteiger partial charge in [-0.15, -0.1) is 0 Å². The summed E-state index contributed by atoms with van der Waals surface area (Å²) in [5.74, 6) is 0.360. The van der Waals surface area contributed by atoms with Crippen LogP contribution >= 0.6 is 0 Å². The summed E-state index contributed by atoms with van der Waals surface area (Å²) in [5.41, 5.74) is 2.11. The molecule has 2 fully saturated rings. The Balaban J connectivity index is 1.43. The minimum absolute atomic E-state index is 0.0729. The molecule has 0 bridgehead atoms. The molecule has 1 saturated carbocycles. The first kappa shape index (κ1) is 23.0. The Morgan fingerprint density at radius 3 is 2.56 bits per heavy atom. The molecule has 2 unspecified atom stereocenters. The van der Waals surface area contributed by atoms with Crippen LogP contribution in [-0.2, 0) is 9.53 Å². The molecule has 188 valence electrons. The first-order chi connectivity index (χ1) is 17.7. The van der Waals surface area contributed by atoms with E-state index in [1.54, 1.807) is 15.8 Å². The summed E-state index contributed by atoms with van der Waals surface area (Å²) in [6, 6.07) is 13.1. The van der Waals surface area contributed by atoms with Gasteiger partial charge in [0.25, 0.3) is 5.91 Å². The maximum Gasteiger partial charge on any atom is 0.260 e. The zero-order valence-corrected chi connectivity index (χ0v) is 20.5. The van der Waals surface area contributed by atoms with Crippen LogP contribution in [0.4, 0.5) is 0 Å². The largest absolute Gasteiger partial charge is 0.376 e. The monoisotopic (exact) mass is 487 g/mol. The Labute approximate surface area is 211 Å². The van der Waals surface area contributed by atoms with Crippen LogP contribution in [0.25, 0.3) is 11.5 Å². The van der Waals surface area contributed by atoms with Gasteiger partial charge < -0.3 is 19.5 Å². The molecule has 1 aromatic carbocycles. The minimum atomic E-state index is -0.739. The second kappa shape index (κ2) is 9.93. The minimum Gasteiger partial charge on any atom is -0.376 e. The fourth-order valence-electron chi connectivity index (χ4n) is 5.90. The van der Waals surface area contributed by atoms with Crippen LogP contribution < -0.4 is 5.32 Å². The fourth-order valence-corrected chi connectivity index (χ4v) is 5.90. The van der Waals surface area contributed by atoms with E-state index in [0.717, 1.165) is 49.9 Å². The van der Waals surface area contributed by atoms with Gasteiger partial charge in [0.1, 0.15) is 5.56 Å². The molecule has 8 heteroatoms. The number of ether oxygens (including phenoxy) is 1. The molecule has 1 N–H and O–H groups in total. The molecule has 3 aromatic rings. The maximum atomic E-state index is 14.1. The zero-order chi connectivity index (χ0) is 24.5. The summed E-state index contributed by atoms with van der Waals surface area (Å²) >= 11 is 0. The number of rotatable bonds is 5. The van der Waals surface area contributed by atoms with E-state index in [2.05, 4.69) is 10.4 Å². The molecule has 36 heavy (non-hydrogen) atoms. The average Bonchev–Trinajstić information content (AvgIpc) is 3.62. The molecule has 6 rings (SSSR count). The van der Waals surface area contributed by atoms with Crippen LogP contribution in [0.5, 0.6) is 0 Å². The Kier molecular flexibility index (Phi) is 6.35. The van der Waals surface area contributed by atoms with Crippen molar-refractivity contribution in [1.29, 1.82) is 0 Å². The van der Waals surface area contributed by atoms with Crippen molar-refractivity contribution in [2.24, 2.45) is 0 Å². The lowest BCUT2D eigenvalue weighted by molar-refractivity contribution is -0.127. The summed E-state index contributed by atoms with van der Waals surface area (Å²) in [4.78, 5) is 29.8. The quantitative estimate of drug-likeness (QED) is 0.548. The highest BCUT2D eigenvalue weighted by Crippen LogP contribution is 2.35. The Bertz CT molecular complexity index is 1220. The number of hydrogen-bond acceptors (Lipinski definition) is 4. The SMILES string of the molecule is O=C(NC1CCCCCC1)C1c2cccn2-c2c(cnn2-c2ccccc2)C(=O)N1CC1CCCO1. The summed E-state index contributed by atoms with van der Waals surface area (Å²) in [7, 11) is 0. The van der Waals surface area contributed by atoms with E-state index in [4.69, 9.17) is 4.74 Å². The van der Waals surface area contributed by atoms with Crippen molar-refractivity contribution in [1.82, 2.24) is 24.6 Å². The standard InChI is InChI=1S/C28H33N5O3/c34-26(30-20-10-4-1-2-5-11-20)25-24-15-8-16-31(24)27-23(18-29-33(27)21-12-6-3-7-13-21)28(35)32(25)19-22-14-9-17-36-22/h3,6-8,12-13,15-16,18,20,22,25H,1-2,4-5,9-11,14,17,19H2,(H,30,34). The number of para-hydroxylation sites is 1. The van der Waals surface area contributed by atoms with E-state index in [1.807, 2.05) is 53.2 Å². The lowest BCUT2D eigenvalue weighted by Crippen LogP contribution is -2.48. The Morgan fingerprint density at radius 1 is 1.00 bits per heavy atom. The maximum absolute atomic E-state index is 14.1. The van der Waals surface area contributed by atoms with Crippen molar-refractivity contribution < 1.29 is 14.3 Å². The topological polar surface area (TPSA) is 81.4 Å². The van der Waals surface area contributed by atoms with Gasteiger partial charge in [0.15, 0.2) is 11.9 Å². The highest BCUT2D eigenvalue weighted by molar-refractivity contribution is 6.01. The molecule has 2 aliphatic heterocycles. The van der Waals surface area contributed by atoms with Crippen molar-refractivity contribution in [3.05, 3.63) is 66.1 Å². The molecule has 2 aromatic heterocycles. The van der Waals surface area contributed by atoms with Crippen LogP contribution in [0.1, 0.15) is 73.5 Å². The number of benzene rings is 1. The third-order valence-electron chi connectivity index (χ3n) is 7.71. The first-order valence-corrected chi connectivity index (χ1v) is 13.2. The van der Waals surface area contributed by atoms with Crippen molar-refractivity contribution in [2.75, 3.05) is 13.2 Å². The predicted molar refractivity (Wildman–Crippen MR) is 135 cm³/mol. The van der Waals surface area contributed by atoms with Crippen LogP contribution in [0.3, 0.4) is 0 Å². The molecule has 4 heterocycles. The van der Waals surface area contributed by atoms with Crippen LogP contribution in [0, 0.1) is 0 Å². The predicted octanol–water partition coefficient (Wildman–Crippen LogP) is 4.18. The van der Waals surface area contributed by atoms with Gasteiger partial charge in [-0.25, -0.2) is 4.68 Å². The summed E-state index contributed by atoms with van der Waals surface area (Å²) in [6.45, 7) is 1.07. The Hall–Kier alpha value is -3.39. The van der Waals surface area contributed by atoms with Crippen LogP contribution in [0.2, 0.25) is 0 Å². The van der Waals surface area contributed by atoms with Gasteiger partial charge in [0.05, 0.1) is 23.7 Å². The Morgan fingerprint density at radius 2 is 1.81 bits per heavy atom. The number of nitrogens with zero attached hydrogens (tertiary/aromatic N) is 4. The number of fused-ring (bicyclic) bond motifs is 3. The van der Waals surface area contributed by atoms with Crippen molar-refractivity contribution in [3.8, 4) is 11.5 Å². The number of amides is 2. The second-order valence-corrected chi connectivity index (χ2v) is 10.1. The van der Waals surface area contributed by atoms with Crippen molar-refractivity contribution in [3.63, 3.8) is 0 Å². The molecule has 0 spiro atoms. The first-order valence-electron chi connectivity index (χ1n) is 13.2. The smallest absolute Gasteiger partial charge is 0.260 e. The third kappa shape index (κ3) is 4.23. The van der Waals surface area contributed by atoms with E-state index in [0.29, 0.717) is 24.5 Å². The zero-order valence-electron chi connectivity index (χ0n) is 20.5. The summed E-state index contributed by atoms with van der Waals surface area (Å²) in [6.07, 6.45) is 12.0.